The lowest BCUT2D eigenvalue weighted by molar-refractivity contribution is -0.137. The van der Waals surface area contributed by atoms with Gasteiger partial charge in [0, 0.05) is 45.7 Å². The SMILES string of the molecule is O=C([C@@H]1CC(=O)N(c2ccccc2F)C1)N1CCN(CCOc2ccccc2)CC1. The van der Waals surface area contributed by atoms with E-state index in [0.29, 0.717) is 19.7 Å². The Hall–Kier alpha value is -2.93. The monoisotopic (exact) mass is 411 g/mol. The fourth-order valence-corrected chi connectivity index (χ4v) is 4.04. The molecule has 2 aliphatic rings. The van der Waals surface area contributed by atoms with Crippen LogP contribution in [0.4, 0.5) is 10.1 Å². The zero-order valence-electron chi connectivity index (χ0n) is 16.9. The van der Waals surface area contributed by atoms with E-state index in [2.05, 4.69) is 4.90 Å². The average Bonchev–Trinajstić information content (AvgIpc) is 3.16. The smallest absolute Gasteiger partial charge is 0.228 e. The van der Waals surface area contributed by atoms with E-state index in [4.69, 9.17) is 4.74 Å². The van der Waals surface area contributed by atoms with Crippen LogP contribution in [0.5, 0.6) is 5.75 Å². The number of rotatable bonds is 6. The summed E-state index contributed by atoms with van der Waals surface area (Å²) in [6.07, 6.45) is 0.137. The van der Waals surface area contributed by atoms with E-state index >= 15 is 0 Å². The van der Waals surface area contributed by atoms with Crippen molar-refractivity contribution in [1.29, 1.82) is 0 Å². The highest BCUT2D eigenvalue weighted by Crippen LogP contribution is 2.28. The second kappa shape index (κ2) is 9.26. The predicted molar refractivity (Wildman–Crippen MR) is 112 cm³/mol. The van der Waals surface area contributed by atoms with Crippen LogP contribution in [-0.4, -0.2) is 67.5 Å². The van der Waals surface area contributed by atoms with E-state index in [-0.39, 0.29) is 30.5 Å². The first-order valence-corrected chi connectivity index (χ1v) is 10.4. The lowest BCUT2D eigenvalue weighted by atomic mass is 10.1. The first-order valence-electron chi connectivity index (χ1n) is 10.4. The molecule has 2 saturated heterocycles. The van der Waals surface area contributed by atoms with E-state index in [0.717, 1.165) is 25.4 Å². The van der Waals surface area contributed by atoms with E-state index in [1.807, 2.05) is 35.2 Å². The van der Waals surface area contributed by atoms with Gasteiger partial charge in [0.1, 0.15) is 18.2 Å². The molecule has 0 saturated carbocycles. The Morgan fingerprint density at radius 2 is 1.70 bits per heavy atom. The summed E-state index contributed by atoms with van der Waals surface area (Å²) in [5.74, 6) is -0.204. The molecule has 2 aliphatic heterocycles. The van der Waals surface area contributed by atoms with Crippen molar-refractivity contribution in [2.45, 2.75) is 6.42 Å². The Kier molecular flexibility index (Phi) is 6.28. The molecule has 2 heterocycles. The summed E-state index contributed by atoms with van der Waals surface area (Å²) in [5.41, 5.74) is 0.251. The molecule has 2 fully saturated rings. The van der Waals surface area contributed by atoms with Crippen molar-refractivity contribution in [3.8, 4) is 5.75 Å². The van der Waals surface area contributed by atoms with Crippen molar-refractivity contribution < 1.29 is 18.7 Å². The Balaban J connectivity index is 1.24. The summed E-state index contributed by atoms with van der Waals surface area (Å²) in [6.45, 7) is 4.47. The Bertz CT molecular complexity index is 884. The summed E-state index contributed by atoms with van der Waals surface area (Å²) in [5, 5.41) is 0. The summed E-state index contributed by atoms with van der Waals surface area (Å²) >= 11 is 0. The maximum absolute atomic E-state index is 14.0. The normalized spacial score (nSPS) is 19.9. The summed E-state index contributed by atoms with van der Waals surface area (Å²) < 4.78 is 19.8. The van der Waals surface area contributed by atoms with Crippen LogP contribution in [0.2, 0.25) is 0 Å². The zero-order valence-corrected chi connectivity index (χ0v) is 16.9. The molecule has 2 aromatic rings. The van der Waals surface area contributed by atoms with E-state index < -0.39 is 11.7 Å². The average molecular weight is 411 g/mol. The molecule has 158 valence electrons. The molecule has 2 amide bonds. The number of para-hydroxylation sites is 2. The fraction of sp³-hybridized carbons (Fsp3) is 0.391. The van der Waals surface area contributed by atoms with Gasteiger partial charge in [-0.3, -0.25) is 14.5 Å². The molecule has 2 aromatic carbocycles. The minimum absolute atomic E-state index is 0.0117. The van der Waals surface area contributed by atoms with Crippen molar-refractivity contribution >= 4 is 17.5 Å². The maximum atomic E-state index is 14.0. The number of ether oxygens (including phenoxy) is 1. The Labute approximate surface area is 175 Å². The standard InChI is InChI=1S/C23H26FN3O3/c24-20-8-4-5-9-21(20)27-17-18(16-22(27)28)23(29)26-12-10-25(11-13-26)14-15-30-19-6-2-1-3-7-19/h1-9,18H,10-17H2/t18-/m1/s1. The van der Waals surface area contributed by atoms with Crippen LogP contribution >= 0.6 is 0 Å². The minimum atomic E-state index is -0.440. The van der Waals surface area contributed by atoms with Crippen molar-refractivity contribution in [1.82, 2.24) is 9.80 Å². The number of benzene rings is 2. The highest BCUT2D eigenvalue weighted by Gasteiger charge is 2.38. The van der Waals surface area contributed by atoms with Crippen LogP contribution in [0.3, 0.4) is 0 Å². The van der Waals surface area contributed by atoms with Gasteiger partial charge in [-0.15, -0.1) is 0 Å². The first-order chi connectivity index (χ1) is 14.6. The molecular weight excluding hydrogens is 385 g/mol. The number of hydrogen-bond donors (Lipinski definition) is 0. The number of nitrogens with zero attached hydrogens (tertiary/aromatic N) is 3. The van der Waals surface area contributed by atoms with Gasteiger partial charge in [0.2, 0.25) is 11.8 Å². The van der Waals surface area contributed by atoms with Crippen LogP contribution in [0.15, 0.2) is 54.6 Å². The molecule has 6 nitrogen and oxygen atoms in total. The summed E-state index contributed by atoms with van der Waals surface area (Å²) in [7, 11) is 0. The third kappa shape index (κ3) is 4.62. The van der Waals surface area contributed by atoms with Gasteiger partial charge in [0.05, 0.1) is 11.6 Å². The van der Waals surface area contributed by atoms with Gasteiger partial charge in [-0.05, 0) is 24.3 Å². The van der Waals surface area contributed by atoms with Crippen molar-refractivity contribution in [3.05, 3.63) is 60.4 Å². The first kappa shape index (κ1) is 20.3. The van der Waals surface area contributed by atoms with Crippen LogP contribution in [0.25, 0.3) is 0 Å². The fourth-order valence-electron chi connectivity index (χ4n) is 4.04. The molecule has 1 atom stereocenters. The molecule has 0 spiro atoms. The Morgan fingerprint density at radius 1 is 1.00 bits per heavy atom. The van der Waals surface area contributed by atoms with Crippen molar-refractivity contribution in [3.63, 3.8) is 0 Å². The summed E-state index contributed by atoms with van der Waals surface area (Å²) in [6, 6.07) is 15.9. The largest absolute Gasteiger partial charge is 0.492 e. The van der Waals surface area contributed by atoms with Gasteiger partial charge in [-0.25, -0.2) is 4.39 Å². The van der Waals surface area contributed by atoms with Gasteiger partial charge >= 0.3 is 0 Å². The van der Waals surface area contributed by atoms with Crippen LogP contribution in [0, 0.1) is 11.7 Å². The highest BCUT2D eigenvalue weighted by atomic mass is 19.1. The molecular formula is C23H26FN3O3. The molecule has 0 N–H and O–H groups in total. The number of carbonyl (C=O) groups excluding carboxylic acids is 2. The van der Waals surface area contributed by atoms with Crippen molar-refractivity contribution in [2.24, 2.45) is 5.92 Å². The van der Waals surface area contributed by atoms with Gasteiger partial charge in [-0.2, -0.15) is 0 Å². The van der Waals surface area contributed by atoms with Gasteiger partial charge < -0.3 is 14.5 Å². The van der Waals surface area contributed by atoms with Gasteiger partial charge in [0.15, 0.2) is 0 Å². The van der Waals surface area contributed by atoms with E-state index in [1.165, 1.54) is 11.0 Å². The molecule has 4 rings (SSSR count). The van der Waals surface area contributed by atoms with E-state index in [1.54, 1.807) is 18.2 Å². The predicted octanol–water partition coefficient (Wildman–Crippen LogP) is 2.40. The lowest BCUT2D eigenvalue weighted by Crippen LogP contribution is -2.51. The molecule has 0 unspecified atom stereocenters. The maximum Gasteiger partial charge on any atom is 0.228 e. The number of piperazine rings is 1. The molecule has 0 radical (unpaired) electrons. The zero-order chi connectivity index (χ0) is 20.9. The van der Waals surface area contributed by atoms with Gasteiger partial charge in [0.25, 0.3) is 0 Å². The van der Waals surface area contributed by atoms with Crippen LogP contribution in [-0.2, 0) is 9.59 Å². The van der Waals surface area contributed by atoms with Crippen molar-refractivity contribution in [2.75, 3.05) is 50.8 Å². The number of carbonyl (C=O) groups is 2. The van der Waals surface area contributed by atoms with E-state index in [9.17, 15) is 14.0 Å². The Morgan fingerprint density at radius 3 is 2.43 bits per heavy atom. The summed E-state index contributed by atoms with van der Waals surface area (Å²) in [4.78, 5) is 30.8. The minimum Gasteiger partial charge on any atom is -0.492 e. The third-order valence-electron chi connectivity index (χ3n) is 5.72. The highest BCUT2D eigenvalue weighted by molar-refractivity contribution is 6.00. The number of amides is 2. The third-order valence-corrected chi connectivity index (χ3v) is 5.72. The molecule has 7 heteroatoms. The number of anilines is 1. The number of hydrogen-bond acceptors (Lipinski definition) is 4. The quantitative estimate of drug-likeness (QED) is 0.733. The molecule has 0 aromatic heterocycles. The topological polar surface area (TPSA) is 53.1 Å². The second-order valence-electron chi connectivity index (χ2n) is 7.69. The second-order valence-corrected chi connectivity index (χ2v) is 7.69. The van der Waals surface area contributed by atoms with Crippen LogP contribution in [0.1, 0.15) is 6.42 Å². The molecule has 0 bridgehead atoms. The molecule has 0 aliphatic carbocycles. The lowest BCUT2D eigenvalue weighted by Gasteiger charge is -2.35. The van der Waals surface area contributed by atoms with Gasteiger partial charge in [-0.1, -0.05) is 30.3 Å². The molecule has 30 heavy (non-hydrogen) atoms. The number of halogens is 1. The van der Waals surface area contributed by atoms with Crippen LogP contribution < -0.4 is 9.64 Å².